The van der Waals surface area contributed by atoms with Gasteiger partial charge in [-0.15, -0.1) is 0 Å². The molecule has 1 heterocycles. The summed E-state index contributed by atoms with van der Waals surface area (Å²) in [4.78, 5) is 12.8. The highest BCUT2D eigenvalue weighted by molar-refractivity contribution is 14.1. The molecule has 0 aromatic carbocycles. The van der Waals surface area contributed by atoms with E-state index in [0.717, 1.165) is 6.07 Å². The van der Waals surface area contributed by atoms with E-state index in [9.17, 15) is 9.18 Å². The fraction of sp³-hybridized carbons (Fsp3) is 0. The average Bonchev–Trinajstić information content (AvgIpc) is 1.59. The molecule has 2 nitrogen and oxygen atoms in total. The fourth-order valence-corrected chi connectivity index (χ4v) is 1.04. The van der Waals surface area contributed by atoms with Gasteiger partial charge in [-0.1, -0.05) is 0 Å². The van der Waals surface area contributed by atoms with Gasteiger partial charge in [-0.25, -0.2) is 4.39 Å². The second kappa shape index (κ2) is 2.47. The van der Waals surface area contributed by atoms with Crippen molar-refractivity contribution in [3.63, 3.8) is 0 Å². The Morgan fingerprint density at radius 2 is 2.22 bits per heavy atom. The van der Waals surface area contributed by atoms with E-state index < -0.39 is 11.4 Å². The topological polar surface area (TPSA) is 32.9 Å². The zero-order valence-corrected chi connectivity index (χ0v) is 6.48. The Labute approximate surface area is 64.2 Å². The second-order valence-electron chi connectivity index (χ2n) is 1.51. The summed E-state index contributed by atoms with van der Waals surface area (Å²) < 4.78 is 12.7. The van der Waals surface area contributed by atoms with E-state index in [-0.39, 0.29) is 0 Å². The van der Waals surface area contributed by atoms with Crippen LogP contribution in [0.25, 0.3) is 0 Å². The maximum absolute atomic E-state index is 12.2. The minimum absolute atomic E-state index is 0.403. The van der Waals surface area contributed by atoms with Crippen LogP contribution in [0.4, 0.5) is 4.39 Å². The number of H-pyrrole nitrogens is 1. The molecule has 0 aliphatic rings. The summed E-state index contributed by atoms with van der Waals surface area (Å²) >= 11 is 1.84. The molecule has 9 heavy (non-hydrogen) atoms. The van der Waals surface area contributed by atoms with Gasteiger partial charge in [-0.2, -0.15) is 0 Å². The van der Waals surface area contributed by atoms with Crippen LogP contribution >= 0.6 is 22.6 Å². The van der Waals surface area contributed by atoms with Crippen molar-refractivity contribution in [2.75, 3.05) is 0 Å². The lowest BCUT2D eigenvalue weighted by molar-refractivity contribution is 0.622. The average molecular weight is 239 g/mol. The monoisotopic (exact) mass is 239 g/mol. The molecule has 0 saturated heterocycles. The van der Waals surface area contributed by atoms with E-state index in [2.05, 4.69) is 4.98 Å². The highest BCUT2D eigenvalue weighted by Gasteiger charge is 1.91. The summed E-state index contributed by atoms with van der Waals surface area (Å²) in [7, 11) is 0. The van der Waals surface area contributed by atoms with E-state index in [0.29, 0.717) is 3.70 Å². The highest BCUT2D eigenvalue weighted by Crippen LogP contribution is 1.98. The molecule has 0 radical (unpaired) electrons. The molecule has 1 aromatic rings. The molecular formula is C5H3FINO. The van der Waals surface area contributed by atoms with Crippen LogP contribution in [-0.4, -0.2) is 4.98 Å². The molecule has 0 amide bonds. The Kier molecular flexibility index (Phi) is 1.84. The third kappa shape index (κ3) is 1.78. The van der Waals surface area contributed by atoms with Crippen LogP contribution in [0, 0.1) is 9.52 Å². The largest absolute Gasteiger partial charge is 0.317 e. The number of halogens is 2. The van der Waals surface area contributed by atoms with Crippen LogP contribution in [0.2, 0.25) is 0 Å². The first kappa shape index (κ1) is 6.73. The zero-order valence-electron chi connectivity index (χ0n) is 4.32. The Balaban J connectivity index is 3.33. The minimum atomic E-state index is -0.497. The lowest BCUT2D eigenvalue weighted by atomic mass is 10.5. The van der Waals surface area contributed by atoms with Crippen LogP contribution < -0.4 is 5.56 Å². The van der Waals surface area contributed by atoms with Gasteiger partial charge in [0.15, 0.2) is 0 Å². The lowest BCUT2D eigenvalue weighted by Crippen LogP contribution is -2.05. The van der Waals surface area contributed by atoms with Crippen molar-refractivity contribution in [2.24, 2.45) is 0 Å². The number of rotatable bonds is 0. The molecule has 0 spiro atoms. The van der Waals surface area contributed by atoms with Crippen molar-refractivity contribution in [1.82, 2.24) is 4.98 Å². The van der Waals surface area contributed by atoms with Gasteiger partial charge in [0, 0.05) is 12.1 Å². The van der Waals surface area contributed by atoms with Gasteiger partial charge >= 0.3 is 0 Å². The van der Waals surface area contributed by atoms with Crippen molar-refractivity contribution >= 4 is 22.6 Å². The summed E-state index contributed by atoms with van der Waals surface area (Å²) in [6.07, 6.45) is 0. The maximum atomic E-state index is 12.2. The molecule has 0 fully saturated rings. The second-order valence-corrected chi connectivity index (χ2v) is 2.67. The molecule has 4 heteroatoms. The van der Waals surface area contributed by atoms with Gasteiger partial charge in [0.1, 0.15) is 5.82 Å². The number of hydrogen-bond acceptors (Lipinski definition) is 1. The van der Waals surface area contributed by atoms with Crippen LogP contribution in [-0.2, 0) is 0 Å². The molecule has 0 atom stereocenters. The summed E-state index contributed by atoms with van der Waals surface area (Å²) in [5, 5.41) is 0. The van der Waals surface area contributed by atoms with Gasteiger partial charge in [-0.05, 0) is 22.6 Å². The van der Waals surface area contributed by atoms with Crippen LogP contribution in [0.3, 0.4) is 0 Å². The van der Waals surface area contributed by atoms with Crippen molar-refractivity contribution in [3.8, 4) is 0 Å². The van der Waals surface area contributed by atoms with Gasteiger partial charge in [0.05, 0.1) is 3.70 Å². The standard InChI is InChI=1S/C5H3FINO/c6-3-1-4(7)8-5(9)2-3/h1-2H,(H,8,9). The number of hydrogen-bond donors (Lipinski definition) is 1. The van der Waals surface area contributed by atoms with E-state index in [1.54, 1.807) is 0 Å². The number of aromatic amines is 1. The maximum Gasteiger partial charge on any atom is 0.251 e. The Bertz CT molecular complexity index is 247. The Morgan fingerprint density at radius 1 is 1.56 bits per heavy atom. The SMILES string of the molecule is O=c1cc(F)cc(I)[nH]1. The molecular weight excluding hydrogens is 236 g/mol. The molecule has 0 aliphatic heterocycles. The number of pyridine rings is 1. The fourth-order valence-electron chi connectivity index (χ4n) is 0.478. The molecule has 0 unspecified atom stereocenters. The van der Waals surface area contributed by atoms with E-state index in [4.69, 9.17) is 0 Å². The quantitative estimate of drug-likeness (QED) is 0.534. The van der Waals surface area contributed by atoms with Gasteiger partial charge in [0.25, 0.3) is 5.56 Å². The van der Waals surface area contributed by atoms with Crippen LogP contribution in [0.1, 0.15) is 0 Å². The molecule has 1 rings (SSSR count). The predicted molar refractivity (Wildman–Crippen MR) is 39.7 cm³/mol. The highest BCUT2D eigenvalue weighted by atomic mass is 127. The minimum Gasteiger partial charge on any atom is -0.317 e. The third-order valence-electron chi connectivity index (χ3n) is 0.776. The normalized spacial score (nSPS) is 9.56. The Hall–Kier alpha value is -0.390. The number of nitrogens with one attached hydrogen (secondary N) is 1. The first-order valence-electron chi connectivity index (χ1n) is 2.24. The molecule has 0 aliphatic carbocycles. The van der Waals surface area contributed by atoms with Crippen LogP contribution in [0.5, 0.6) is 0 Å². The van der Waals surface area contributed by atoms with Gasteiger partial charge < -0.3 is 4.98 Å². The lowest BCUT2D eigenvalue weighted by Gasteiger charge is -1.87. The van der Waals surface area contributed by atoms with Gasteiger partial charge in [-0.3, -0.25) is 4.79 Å². The van der Waals surface area contributed by atoms with E-state index in [1.165, 1.54) is 6.07 Å². The van der Waals surface area contributed by atoms with E-state index >= 15 is 0 Å². The summed E-state index contributed by atoms with van der Waals surface area (Å²) in [6.45, 7) is 0. The summed E-state index contributed by atoms with van der Waals surface area (Å²) in [5.41, 5.74) is -0.403. The molecule has 1 aromatic heterocycles. The molecule has 48 valence electrons. The van der Waals surface area contributed by atoms with Gasteiger partial charge in [0.2, 0.25) is 0 Å². The molecule has 0 bridgehead atoms. The smallest absolute Gasteiger partial charge is 0.251 e. The Morgan fingerprint density at radius 3 is 2.67 bits per heavy atom. The molecule has 1 N–H and O–H groups in total. The van der Waals surface area contributed by atoms with E-state index in [1.807, 2.05) is 22.6 Å². The van der Waals surface area contributed by atoms with Crippen LogP contribution in [0.15, 0.2) is 16.9 Å². The van der Waals surface area contributed by atoms with Crippen molar-refractivity contribution in [2.45, 2.75) is 0 Å². The number of aromatic nitrogens is 1. The first-order chi connectivity index (χ1) is 4.18. The summed E-state index contributed by atoms with van der Waals surface area (Å²) in [5.74, 6) is -0.497. The van der Waals surface area contributed by atoms with Crippen molar-refractivity contribution in [3.05, 3.63) is 32.0 Å². The third-order valence-corrected chi connectivity index (χ3v) is 1.36. The van der Waals surface area contributed by atoms with Crippen molar-refractivity contribution in [1.29, 1.82) is 0 Å². The summed E-state index contributed by atoms with van der Waals surface area (Å²) in [6, 6.07) is 2.16. The first-order valence-corrected chi connectivity index (χ1v) is 3.32. The predicted octanol–water partition coefficient (Wildman–Crippen LogP) is 1.12. The zero-order chi connectivity index (χ0) is 6.85. The van der Waals surface area contributed by atoms with Crippen molar-refractivity contribution < 1.29 is 4.39 Å². The molecule has 0 saturated carbocycles.